The molecule has 2 aliphatic heterocycles. The molecule has 0 unspecified atom stereocenters. The maximum Gasteiger partial charge on any atom is 0.254 e. The number of aryl methyl sites for hydroxylation is 1. The molecule has 36 heavy (non-hydrogen) atoms. The van der Waals surface area contributed by atoms with Crippen molar-refractivity contribution < 1.29 is 19.2 Å². The number of nitrogens with zero attached hydrogens (tertiary/aromatic N) is 4. The van der Waals surface area contributed by atoms with E-state index >= 15 is 0 Å². The Morgan fingerprint density at radius 3 is 2.56 bits per heavy atom. The van der Waals surface area contributed by atoms with Gasteiger partial charge in [0, 0.05) is 61.2 Å². The minimum absolute atomic E-state index is 0.105. The lowest BCUT2D eigenvalue weighted by Crippen LogP contribution is -2.36. The summed E-state index contributed by atoms with van der Waals surface area (Å²) >= 11 is 0. The summed E-state index contributed by atoms with van der Waals surface area (Å²) in [6.45, 7) is 6.73. The molecule has 2 aliphatic rings. The Hall–Kier alpha value is -4.34. The van der Waals surface area contributed by atoms with Crippen LogP contribution in [0.1, 0.15) is 25.0 Å². The van der Waals surface area contributed by atoms with Crippen molar-refractivity contribution in [1.82, 2.24) is 19.9 Å². The van der Waals surface area contributed by atoms with Gasteiger partial charge in [-0.3, -0.25) is 14.9 Å². The second-order valence-corrected chi connectivity index (χ2v) is 8.52. The smallest absolute Gasteiger partial charge is 0.254 e. The first-order chi connectivity index (χ1) is 17.5. The van der Waals surface area contributed by atoms with E-state index in [1.807, 2.05) is 13.6 Å². The van der Waals surface area contributed by atoms with Gasteiger partial charge in [0.05, 0.1) is 12.1 Å². The maximum atomic E-state index is 11.8. The summed E-state index contributed by atoms with van der Waals surface area (Å²) in [7, 11) is 2.06. The Labute approximate surface area is 209 Å². The van der Waals surface area contributed by atoms with Crippen molar-refractivity contribution in [2.75, 3.05) is 29.9 Å². The Bertz CT molecular complexity index is 1240. The lowest BCUT2D eigenvalue weighted by Gasteiger charge is -2.32. The van der Waals surface area contributed by atoms with Gasteiger partial charge < -0.3 is 24.4 Å². The molecule has 4 heterocycles. The number of amides is 2. The van der Waals surface area contributed by atoms with E-state index in [-0.39, 0.29) is 18.2 Å². The van der Waals surface area contributed by atoms with Gasteiger partial charge in [-0.2, -0.15) is 0 Å². The Morgan fingerprint density at radius 1 is 1.11 bits per heavy atom. The normalized spacial score (nSPS) is 16.7. The van der Waals surface area contributed by atoms with Crippen molar-refractivity contribution in [3.05, 3.63) is 54.0 Å². The summed E-state index contributed by atoms with van der Waals surface area (Å²) in [5.41, 5.74) is 3.49. The number of hydrogen-bond acceptors (Lipinski definition) is 8. The van der Waals surface area contributed by atoms with Gasteiger partial charge in [-0.25, -0.2) is 9.97 Å². The molecule has 2 fully saturated rings. The SMILES string of the molecule is C=O.C=O.Cn1ccc2cc(NCC3CCN(c4nccc(/C=C5\CC(=O)NC5=O)n4)CC3)ccc21. The molecule has 0 aliphatic carbocycles. The van der Waals surface area contributed by atoms with Gasteiger partial charge >= 0.3 is 0 Å². The number of anilines is 2. The lowest BCUT2D eigenvalue weighted by molar-refractivity contribution is -0.124. The van der Waals surface area contributed by atoms with Gasteiger partial charge in [0.25, 0.3) is 5.91 Å². The Morgan fingerprint density at radius 2 is 1.86 bits per heavy atom. The highest BCUT2D eigenvalue weighted by atomic mass is 16.2. The fourth-order valence-electron chi connectivity index (χ4n) is 4.38. The Balaban J connectivity index is 0.000000861. The lowest BCUT2D eigenvalue weighted by atomic mass is 9.97. The summed E-state index contributed by atoms with van der Waals surface area (Å²) in [5, 5.41) is 7.14. The van der Waals surface area contributed by atoms with Crippen LogP contribution in [0.5, 0.6) is 0 Å². The predicted molar refractivity (Wildman–Crippen MR) is 138 cm³/mol. The summed E-state index contributed by atoms with van der Waals surface area (Å²) in [4.78, 5) is 50.4. The molecular weight excluding hydrogens is 460 g/mol. The van der Waals surface area contributed by atoms with Crippen LogP contribution in [0.4, 0.5) is 11.6 Å². The Kier molecular flexibility index (Phi) is 9.04. The van der Waals surface area contributed by atoms with Crippen LogP contribution in [-0.4, -0.2) is 59.6 Å². The molecule has 2 saturated heterocycles. The van der Waals surface area contributed by atoms with Crippen LogP contribution in [0.25, 0.3) is 17.0 Å². The van der Waals surface area contributed by atoms with E-state index in [1.165, 1.54) is 10.9 Å². The molecule has 1 aromatic carbocycles. The van der Waals surface area contributed by atoms with Crippen LogP contribution in [-0.2, 0) is 26.2 Å². The maximum absolute atomic E-state index is 11.8. The highest BCUT2D eigenvalue weighted by molar-refractivity contribution is 6.15. The zero-order chi connectivity index (χ0) is 26.1. The monoisotopic (exact) mass is 490 g/mol. The van der Waals surface area contributed by atoms with Crippen LogP contribution in [0.15, 0.2) is 48.3 Å². The number of imide groups is 1. The number of carbonyl (C=O) groups is 4. The molecule has 0 radical (unpaired) electrons. The highest BCUT2D eigenvalue weighted by Gasteiger charge is 2.24. The number of nitrogens with one attached hydrogen (secondary N) is 2. The quantitative estimate of drug-likeness (QED) is 0.412. The van der Waals surface area contributed by atoms with Crippen LogP contribution in [0, 0.1) is 5.92 Å². The number of fused-ring (bicyclic) bond motifs is 1. The van der Waals surface area contributed by atoms with Crippen LogP contribution >= 0.6 is 0 Å². The first-order valence-corrected chi connectivity index (χ1v) is 11.5. The molecule has 2 N–H and O–H groups in total. The third-order valence-corrected chi connectivity index (χ3v) is 6.26. The molecule has 0 atom stereocenters. The molecule has 5 rings (SSSR count). The second kappa shape index (κ2) is 12.4. The van der Waals surface area contributed by atoms with Crippen LogP contribution < -0.4 is 15.5 Å². The molecule has 188 valence electrons. The van der Waals surface area contributed by atoms with Gasteiger partial charge in [0.15, 0.2) is 0 Å². The van der Waals surface area contributed by atoms with Crippen molar-refractivity contribution in [2.45, 2.75) is 19.3 Å². The van der Waals surface area contributed by atoms with Crippen molar-refractivity contribution in [1.29, 1.82) is 0 Å². The topological polar surface area (TPSA) is 126 Å². The number of rotatable bonds is 5. The number of piperidine rings is 1. The van der Waals surface area contributed by atoms with Crippen molar-refractivity contribution in [3.63, 3.8) is 0 Å². The zero-order valence-electron chi connectivity index (χ0n) is 20.3. The zero-order valence-corrected chi connectivity index (χ0v) is 20.3. The second-order valence-electron chi connectivity index (χ2n) is 8.52. The third-order valence-electron chi connectivity index (χ3n) is 6.26. The molecule has 0 bridgehead atoms. The van der Waals surface area contributed by atoms with E-state index in [0.717, 1.165) is 38.2 Å². The molecule has 2 amide bonds. The highest BCUT2D eigenvalue weighted by Crippen LogP contribution is 2.24. The number of benzene rings is 1. The predicted octanol–water partition coefficient (Wildman–Crippen LogP) is 2.36. The number of carbonyl (C=O) groups excluding carboxylic acids is 4. The fourth-order valence-corrected chi connectivity index (χ4v) is 4.38. The molecule has 3 aromatic rings. The van der Waals surface area contributed by atoms with E-state index in [1.54, 1.807) is 18.3 Å². The minimum atomic E-state index is -0.338. The van der Waals surface area contributed by atoms with Crippen molar-refractivity contribution in [3.8, 4) is 0 Å². The van der Waals surface area contributed by atoms with Crippen LogP contribution in [0.3, 0.4) is 0 Å². The van der Waals surface area contributed by atoms with E-state index < -0.39 is 0 Å². The first-order valence-electron chi connectivity index (χ1n) is 11.5. The van der Waals surface area contributed by atoms with Gasteiger partial charge in [0.2, 0.25) is 11.9 Å². The average Bonchev–Trinajstić information content (AvgIpc) is 3.45. The third kappa shape index (κ3) is 6.21. The summed E-state index contributed by atoms with van der Waals surface area (Å²) in [5.74, 6) is 0.658. The molecular formula is C26H30N6O4. The summed E-state index contributed by atoms with van der Waals surface area (Å²) in [6, 6.07) is 10.4. The van der Waals surface area contributed by atoms with Crippen molar-refractivity contribution >= 4 is 54.0 Å². The van der Waals surface area contributed by atoms with Crippen LogP contribution in [0.2, 0.25) is 0 Å². The molecule has 0 spiro atoms. The van der Waals surface area contributed by atoms with Crippen molar-refractivity contribution in [2.24, 2.45) is 13.0 Å². The fraction of sp³-hybridized carbons (Fsp3) is 0.308. The molecule has 10 nitrogen and oxygen atoms in total. The molecule has 10 heteroatoms. The van der Waals surface area contributed by atoms with Gasteiger partial charge in [-0.15, -0.1) is 0 Å². The standard InChI is InChI=1S/C24H26N6O2.2CH2O/c1-29-9-7-17-12-19(2-3-21(17)29)26-15-16-5-10-30(11-6-16)24-25-8-4-20(27-24)13-18-14-22(31)28-23(18)32;2*1-2/h2-4,7-9,12-13,16,26H,5-6,10-11,14-15H2,1H3,(H,28,31,32);2*1H2/b18-13+;;. The summed E-state index contributed by atoms with van der Waals surface area (Å²) in [6.07, 6.45) is 7.69. The molecule has 2 aromatic heterocycles. The van der Waals surface area contributed by atoms with Gasteiger partial charge in [-0.1, -0.05) is 0 Å². The summed E-state index contributed by atoms with van der Waals surface area (Å²) < 4.78 is 2.13. The largest absolute Gasteiger partial charge is 0.385 e. The van der Waals surface area contributed by atoms with E-state index in [0.29, 0.717) is 23.1 Å². The van der Waals surface area contributed by atoms with E-state index in [4.69, 9.17) is 9.59 Å². The number of aromatic nitrogens is 3. The molecule has 0 saturated carbocycles. The average molecular weight is 491 g/mol. The van der Waals surface area contributed by atoms with Gasteiger partial charge in [0.1, 0.15) is 13.6 Å². The van der Waals surface area contributed by atoms with E-state index in [9.17, 15) is 9.59 Å². The first kappa shape index (κ1) is 26.3. The minimum Gasteiger partial charge on any atom is -0.385 e. The van der Waals surface area contributed by atoms with E-state index in [2.05, 4.69) is 67.6 Å². The van der Waals surface area contributed by atoms with Gasteiger partial charge in [-0.05, 0) is 55.2 Å². The number of hydrogen-bond donors (Lipinski definition) is 2.